The average molecular weight is 324 g/mol. The molecular weight excluding hydrogens is 302 g/mol. The minimum atomic E-state index is -0.0533. The van der Waals surface area contributed by atoms with Gasteiger partial charge in [-0.15, -0.1) is 0 Å². The number of aromatic hydroxyl groups is 1. The van der Waals surface area contributed by atoms with E-state index in [1.807, 2.05) is 0 Å². The molecule has 0 spiro atoms. The first-order valence-corrected chi connectivity index (χ1v) is 8.20. The van der Waals surface area contributed by atoms with Gasteiger partial charge in [0.1, 0.15) is 5.75 Å². The van der Waals surface area contributed by atoms with Gasteiger partial charge >= 0.3 is 0 Å². The summed E-state index contributed by atoms with van der Waals surface area (Å²) in [5.41, 5.74) is 3.96. The van der Waals surface area contributed by atoms with Crippen molar-refractivity contribution in [1.29, 1.82) is 0 Å². The summed E-state index contributed by atoms with van der Waals surface area (Å²) >= 11 is 3.54. The number of nitrogens with one attached hydrogen (secondary N) is 1. The first-order valence-electron chi connectivity index (χ1n) is 7.40. The molecule has 0 saturated carbocycles. The van der Waals surface area contributed by atoms with Gasteiger partial charge in [0.15, 0.2) is 0 Å². The predicted octanol–water partition coefficient (Wildman–Crippen LogP) is 4.02. The molecule has 2 N–H and O–H groups in total. The lowest BCUT2D eigenvalue weighted by Crippen LogP contribution is -2.34. The summed E-state index contributed by atoms with van der Waals surface area (Å²) in [4.78, 5) is 0. The highest BCUT2D eigenvalue weighted by Gasteiger charge is 2.36. The van der Waals surface area contributed by atoms with E-state index in [2.05, 4.69) is 34.2 Å². The molecule has 1 fully saturated rings. The van der Waals surface area contributed by atoms with Crippen LogP contribution in [0.15, 0.2) is 10.5 Å². The molecule has 1 heterocycles. The van der Waals surface area contributed by atoms with Crippen LogP contribution >= 0.6 is 15.9 Å². The van der Waals surface area contributed by atoms with Crippen LogP contribution in [0.5, 0.6) is 5.75 Å². The SMILES string of the molecule is CC1(c2c(O)c(Br)cc3c2CCCCC3)CCCN1. The molecule has 1 aliphatic carbocycles. The van der Waals surface area contributed by atoms with Crippen LogP contribution in [0, 0.1) is 0 Å². The molecule has 1 atom stereocenters. The van der Waals surface area contributed by atoms with E-state index in [0.717, 1.165) is 35.8 Å². The first-order chi connectivity index (χ1) is 9.12. The Kier molecular flexibility index (Phi) is 3.61. The monoisotopic (exact) mass is 323 g/mol. The highest BCUT2D eigenvalue weighted by Crippen LogP contribution is 2.44. The Morgan fingerprint density at radius 1 is 1.21 bits per heavy atom. The predicted molar refractivity (Wildman–Crippen MR) is 81.7 cm³/mol. The number of phenols is 1. The van der Waals surface area contributed by atoms with Gasteiger partial charge in [-0.2, -0.15) is 0 Å². The first kappa shape index (κ1) is 13.4. The van der Waals surface area contributed by atoms with Crippen molar-refractivity contribution in [2.45, 2.75) is 57.4 Å². The molecule has 104 valence electrons. The van der Waals surface area contributed by atoms with E-state index in [1.165, 1.54) is 36.8 Å². The van der Waals surface area contributed by atoms with E-state index >= 15 is 0 Å². The normalized spacial score (nSPS) is 27.1. The second-order valence-corrected chi connectivity index (χ2v) is 7.00. The molecular formula is C16H22BrNO. The molecule has 2 aliphatic rings. The topological polar surface area (TPSA) is 32.3 Å². The molecule has 19 heavy (non-hydrogen) atoms. The molecule has 1 unspecified atom stereocenters. The van der Waals surface area contributed by atoms with Gasteiger partial charge in [-0.05, 0) is 85.1 Å². The quantitative estimate of drug-likeness (QED) is 0.765. The number of hydrogen-bond donors (Lipinski definition) is 2. The van der Waals surface area contributed by atoms with Crippen molar-refractivity contribution in [3.8, 4) is 5.75 Å². The highest BCUT2D eigenvalue weighted by molar-refractivity contribution is 9.10. The lowest BCUT2D eigenvalue weighted by molar-refractivity contribution is 0.388. The number of halogens is 1. The van der Waals surface area contributed by atoms with Gasteiger partial charge in [0, 0.05) is 11.1 Å². The summed E-state index contributed by atoms with van der Waals surface area (Å²) in [5.74, 6) is 0.456. The maximum Gasteiger partial charge on any atom is 0.135 e. The van der Waals surface area contributed by atoms with Crippen LogP contribution in [0.25, 0.3) is 0 Å². The number of fused-ring (bicyclic) bond motifs is 1. The maximum absolute atomic E-state index is 10.6. The van der Waals surface area contributed by atoms with Crippen molar-refractivity contribution < 1.29 is 5.11 Å². The van der Waals surface area contributed by atoms with Gasteiger partial charge in [-0.1, -0.05) is 6.42 Å². The fraction of sp³-hybridized carbons (Fsp3) is 0.625. The largest absolute Gasteiger partial charge is 0.506 e. The Labute approximate surface area is 123 Å². The van der Waals surface area contributed by atoms with Crippen LogP contribution in [0.1, 0.15) is 55.7 Å². The van der Waals surface area contributed by atoms with Crippen LogP contribution < -0.4 is 5.32 Å². The molecule has 2 nitrogen and oxygen atoms in total. The fourth-order valence-electron chi connectivity index (χ4n) is 3.74. The molecule has 1 aliphatic heterocycles. The summed E-state index contributed by atoms with van der Waals surface area (Å²) in [6.45, 7) is 3.30. The molecule has 1 aromatic carbocycles. The summed E-state index contributed by atoms with van der Waals surface area (Å²) in [7, 11) is 0. The van der Waals surface area contributed by atoms with E-state index in [1.54, 1.807) is 0 Å². The van der Waals surface area contributed by atoms with Gasteiger partial charge in [0.05, 0.1) is 4.47 Å². The Morgan fingerprint density at radius 2 is 2.00 bits per heavy atom. The average Bonchev–Trinajstić information content (AvgIpc) is 2.68. The van der Waals surface area contributed by atoms with Crippen LogP contribution in [0.2, 0.25) is 0 Å². The summed E-state index contributed by atoms with van der Waals surface area (Å²) < 4.78 is 0.859. The third kappa shape index (κ3) is 2.31. The molecule has 3 rings (SSSR count). The molecule has 0 bridgehead atoms. The lowest BCUT2D eigenvalue weighted by atomic mass is 9.82. The molecule has 1 aromatic rings. The third-order valence-corrected chi connectivity index (χ3v) is 5.35. The van der Waals surface area contributed by atoms with Gasteiger partial charge in [-0.3, -0.25) is 0 Å². The van der Waals surface area contributed by atoms with Crippen molar-refractivity contribution in [2.75, 3.05) is 6.54 Å². The van der Waals surface area contributed by atoms with Crippen molar-refractivity contribution in [1.82, 2.24) is 5.32 Å². The Balaban J connectivity index is 2.18. The van der Waals surface area contributed by atoms with E-state index in [4.69, 9.17) is 0 Å². The fourth-order valence-corrected chi connectivity index (χ4v) is 4.21. The van der Waals surface area contributed by atoms with E-state index in [0.29, 0.717) is 5.75 Å². The Hall–Kier alpha value is -0.540. The van der Waals surface area contributed by atoms with Crippen molar-refractivity contribution >= 4 is 15.9 Å². The minimum Gasteiger partial charge on any atom is -0.506 e. The Bertz CT molecular complexity index is 492. The number of phenolic OH excluding ortho intramolecular Hbond substituents is 1. The van der Waals surface area contributed by atoms with E-state index < -0.39 is 0 Å². The van der Waals surface area contributed by atoms with Crippen molar-refractivity contribution in [2.24, 2.45) is 0 Å². The zero-order valence-electron chi connectivity index (χ0n) is 11.6. The molecule has 3 heteroatoms. The lowest BCUT2D eigenvalue weighted by Gasteiger charge is -2.30. The van der Waals surface area contributed by atoms with Crippen molar-refractivity contribution in [3.05, 3.63) is 27.2 Å². The second-order valence-electron chi connectivity index (χ2n) is 6.14. The second kappa shape index (κ2) is 5.10. The van der Waals surface area contributed by atoms with Gasteiger partial charge in [0.25, 0.3) is 0 Å². The standard InChI is InChI=1S/C16H22BrNO/c1-16(8-5-9-18-16)14-12-7-4-2-3-6-11(12)10-13(17)15(14)19/h10,18-19H,2-9H2,1H3. The van der Waals surface area contributed by atoms with Crippen LogP contribution in [0.3, 0.4) is 0 Å². The van der Waals surface area contributed by atoms with Crippen LogP contribution in [0.4, 0.5) is 0 Å². The number of rotatable bonds is 1. The smallest absolute Gasteiger partial charge is 0.135 e. The number of hydrogen-bond acceptors (Lipinski definition) is 2. The van der Waals surface area contributed by atoms with E-state index in [-0.39, 0.29) is 5.54 Å². The Morgan fingerprint density at radius 3 is 2.74 bits per heavy atom. The number of aryl methyl sites for hydroxylation is 1. The zero-order chi connectivity index (χ0) is 13.5. The molecule has 0 amide bonds. The van der Waals surface area contributed by atoms with Crippen LogP contribution in [-0.4, -0.2) is 11.7 Å². The summed E-state index contributed by atoms with van der Waals surface area (Å²) in [6.07, 6.45) is 8.39. The van der Waals surface area contributed by atoms with Gasteiger partial charge < -0.3 is 10.4 Å². The minimum absolute atomic E-state index is 0.0533. The highest BCUT2D eigenvalue weighted by atomic mass is 79.9. The van der Waals surface area contributed by atoms with Crippen LogP contribution in [-0.2, 0) is 18.4 Å². The van der Waals surface area contributed by atoms with Gasteiger partial charge in [0.2, 0.25) is 0 Å². The molecule has 0 aromatic heterocycles. The third-order valence-electron chi connectivity index (χ3n) is 4.75. The van der Waals surface area contributed by atoms with Gasteiger partial charge in [-0.25, -0.2) is 0 Å². The molecule has 0 radical (unpaired) electrons. The molecule has 1 saturated heterocycles. The van der Waals surface area contributed by atoms with E-state index in [9.17, 15) is 5.11 Å². The number of benzene rings is 1. The summed E-state index contributed by atoms with van der Waals surface area (Å²) in [6, 6.07) is 2.14. The maximum atomic E-state index is 10.6. The summed E-state index contributed by atoms with van der Waals surface area (Å²) in [5, 5.41) is 14.2. The van der Waals surface area contributed by atoms with Crippen molar-refractivity contribution in [3.63, 3.8) is 0 Å². The zero-order valence-corrected chi connectivity index (χ0v) is 13.1.